The summed E-state index contributed by atoms with van der Waals surface area (Å²) in [5.41, 5.74) is 1.08. The lowest BCUT2D eigenvalue weighted by Crippen LogP contribution is -2.43. The SMILES string of the molecule is COc1ccc2[nH]c(=S)n(C(C)C(=O)NC(C)(C)C)c2n1. The molecule has 2 N–H and O–H groups in total. The topological polar surface area (TPSA) is 71.9 Å². The monoisotopic (exact) mass is 308 g/mol. The molecule has 0 aromatic carbocycles. The van der Waals surface area contributed by atoms with Crippen molar-refractivity contribution in [1.82, 2.24) is 19.9 Å². The lowest BCUT2D eigenvalue weighted by molar-refractivity contribution is -0.125. The molecule has 0 spiro atoms. The summed E-state index contributed by atoms with van der Waals surface area (Å²) >= 11 is 5.32. The van der Waals surface area contributed by atoms with E-state index in [0.717, 1.165) is 5.52 Å². The first-order valence-corrected chi connectivity index (χ1v) is 7.11. The summed E-state index contributed by atoms with van der Waals surface area (Å²) in [5, 5.41) is 2.95. The molecular weight excluding hydrogens is 288 g/mol. The van der Waals surface area contributed by atoms with Crippen molar-refractivity contribution >= 4 is 29.3 Å². The summed E-state index contributed by atoms with van der Waals surface area (Å²) in [6.07, 6.45) is 0. The smallest absolute Gasteiger partial charge is 0.243 e. The normalized spacial score (nSPS) is 13.2. The Morgan fingerprint density at radius 3 is 2.71 bits per heavy atom. The lowest BCUT2D eigenvalue weighted by Gasteiger charge is -2.23. The van der Waals surface area contributed by atoms with Crippen molar-refractivity contribution in [2.24, 2.45) is 0 Å². The van der Waals surface area contributed by atoms with Gasteiger partial charge >= 0.3 is 0 Å². The molecule has 2 aromatic rings. The Kier molecular flexibility index (Phi) is 4.04. The van der Waals surface area contributed by atoms with Gasteiger partial charge in [-0.05, 0) is 46.0 Å². The van der Waals surface area contributed by atoms with Crippen LogP contribution in [0.5, 0.6) is 5.88 Å². The van der Waals surface area contributed by atoms with E-state index >= 15 is 0 Å². The number of nitrogens with one attached hydrogen (secondary N) is 2. The van der Waals surface area contributed by atoms with E-state index in [-0.39, 0.29) is 11.4 Å². The predicted molar refractivity (Wildman–Crippen MR) is 84.1 cm³/mol. The number of hydrogen-bond acceptors (Lipinski definition) is 4. The van der Waals surface area contributed by atoms with Crippen LogP contribution in [0, 0.1) is 4.77 Å². The number of fused-ring (bicyclic) bond motifs is 1. The molecule has 0 aliphatic carbocycles. The van der Waals surface area contributed by atoms with Gasteiger partial charge in [-0.3, -0.25) is 9.36 Å². The average molecular weight is 308 g/mol. The zero-order valence-corrected chi connectivity index (χ0v) is 13.7. The van der Waals surface area contributed by atoms with E-state index in [1.807, 2.05) is 26.8 Å². The van der Waals surface area contributed by atoms with Crippen LogP contribution < -0.4 is 10.1 Å². The van der Waals surface area contributed by atoms with Crippen molar-refractivity contribution in [3.8, 4) is 5.88 Å². The first-order chi connectivity index (χ1) is 9.73. The Bertz CT molecular complexity index is 727. The Balaban J connectivity index is 2.47. The van der Waals surface area contributed by atoms with Crippen LogP contribution in [0.3, 0.4) is 0 Å². The van der Waals surface area contributed by atoms with Crippen molar-refractivity contribution in [3.63, 3.8) is 0 Å². The van der Waals surface area contributed by atoms with Crippen LogP contribution in [0.1, 0.15) is 33.7 Å². The molecule has 2 heterocycles. The number of imidazole rings is 1. The second-order valence-electron chi connectivity index (χ2n) is 5.94. The van der Waals surface area contributed by atoms with Gasteiger partial charge in [0.05, 0.1) is 12.6 Å². The highest BCUT2D eigenvalue weighted by Gasteiger charge is 2.23. The molecule has 114 valence electrons. The van der Waals surface area contributed by atoms with E-state index in [9.17, 15) is 4.79 Å². The summed E-state index contributed by atoms with van der Waals surface area (Å²) in [7, 11) is 1.55. The van der Waals surface area contributed by atoms with Gasteiger partial charge in [0, 0.05) is 11.6 Å². The molecule has 0 bridgehead atoms. The van der Waals surface area contributed by atoms with Crippen molar-refractivity contribution in [2.75, 3.05) is 7.11 Å². The average Bonchev–Trinajstić information content (AvgIpc) is 2.70. The van der Waals surface area contributed by atoms with Crippen LogP contribution in [0.4, 0.5) is 0 Å². The molecule has 1 unspecified atom stereocenters. The fraction of sp³-hybridized carbons (Fsp3) is 0.500. The van der Waals surface area contributed by atoms with E-state index in [0.29, 0.717) is 16.3 Å². The molecule has 1 atom stereocenters. The highest BCUT2D eigenvalue weighted by atomic mass is 32.1. The number of pyridine rings is 1. The molecule has 2 aromatic heterocycles. The maximum Gasteiger partial charge on any atom is 0.243 e. The zero-order valence-electron chi connectivity index (χ0n) is 12.9. The summed E-state index contributed by atoms with van der Waals surface area (Å²) in [4.78, 5) is 19.8. The number of carbonyl (C=O) groups excluding carboxylic acids is 1. The molecule has 0 radical (unpaired) electrons. The summed E-state index contributed by atoms with van der Waals surface area (Å²) in [6, 6.07) is 3.12. The molecule has 0 aliphatic rings. The van der Waals surface area contributed by atoms with Crippen LogP contribution in [-0.2, 0) is 4.79 Å². The van der Waals surface area contributed by atoms with Gasteiger partial charge in [-0.15, -0.1) is 0 Å². The minimum atomic E-state index is -0.468. The van der Waals surface area contributed by atoms with Crippen LogP contribution in [-0.4, -0.2) is 33.1 Å². The zero-order chi connectivity index (χ0) is 15.8. The Hall–Kier alpha value is -1.89. The third kappa shape index (κ3) is 3.24. The van der Waals surface area contributed by atoms with Crippen LogP contribution in [0.25, 0.3) is 11.2 Å². The number of nitrogens with zero attached hydrogens (tertiary/aromatic N) is 2. The summed E-state index contributed by atoms with van der Waals surface area (Å²) < 4.78 is 7.30. The maximum atomic E-state index is 12.4. The van der Waals surface area contributed by atoms with Crippen LogP contribution in [0.15, 0.2) is 12.1 Å². The number of carbonyl (C=O) groups is 1. The number of aromatic nitrogens is 3. The number of rotatable bonds is 3. The number of hydrogen-bond donors (Lipinski definition) is 2. The number of amides is 1. The van der Waals surface area contributed by atoms with E-state index in [1.54, 1.807) is 24.7 Å². The molecule has 1 amide bonds. The second-order valence-corrected chi connectivity index (χ2v) is 6.33. The molecular formula is C14H20N4O2S. The van der Waals surface area contributed by atoms with Gasteiger partial charge in [0.15, 0.2) is 10.4 Å². The van der Waals surface area contributed by atoms with E-state index < -0.39 is 6.04 Å². The Morgan fingerprint density at radius 1 is 1.48 bits per heavy atom. The van der Waals surface area contributed by atoms with Gasteiger partial charge in [0.1, 0.15) is 6.04 Å². The third-order valence-corrected chi connectivity index (χ3v) is 3.31. The largest absolute Gasteiger partial charge is 0.481 e. The molecule has 21 heavy (non-hydrogen) atoms. The predicted octanol–water partition coefficient (Wildman–Crippen LogP) is 2.58. The van der Waals surface area contributed by atoms with Crippen molar-refractivity contribution in [2.45, 2.75) is 39.3 Å². The quantitative estimate of drug-likeness (QED) is 0.855. The number of ether oxygens (including phenoxy) is 1. The van der Waals surface area contributed by atoms with Crippen LogP contribution >= 0.6 is 12.2 Å². The Labute approximate surface area is 128 Å². The van der Waals surface area contributed by atoms with Gasteiger partial charge in [-0.2, -0.15) is 4.98 Å². The number of methoxy groups -OCH3 is 1. The van der Waals surface area contributed by atoms with Gasteiger partial charge in [0.2, 0.25) is 11.8 Å². The highest BCUT2D eigenvalue weighted by Crippen LogP contribution is 2.21. The first kappa shape index (κ1) is 15.5. The van der Waals surface area contributed by atoms with Gasteiger partial charge < -0.3 is 15.0 Å². The van der Waals surface area contributed by atoms with E-state index in [2.05, 4.69) is 15.3 Å². The van der Waals surface area contributed by atoms with Gasteiger partial charge in [-0.25, -0.2) is 0 Å². The minimum absolute atomic E-state index is 0.107. The highest BCUT2D eigenvalue weighted by molar-refractivity contribution is 7.71. The lowest BCUT2D eigenvalue weighted by atomic mass is 10.1. The van der Waals surface area contributed by atoms with E-state index in [1.165, 1.54) is 0 Å². The van der Waals surface area contributed by atoms with Crippen molar-refractivity contribution in [3.05, 3.63) is 16.9 Å². The molecule has 0 aliphatic heterocycles. The van der Waals surface area contributed by atoms with Gasteiger partial charge in [-0.1, -0.05) is 0 Å². The molecule has 2 rings (SSSR count). The molecule has 0 saturated carbocycles. The first-order valence-electron chi connectivity index (χ1n) is 6.70. The van der Waals surface area contributed by atoms with Crippen molar-refractivity contribution in [1.29, 1.82) is 0 Å². The second kappa shape index (κ2) is 5.48. The summed E-state index contributed by atoms with van der Waals surface area (Å²) in [5.74, 6) is 0.373. The molecule has 7 heteroatoms. The van der Waals surface area contributed by atoms with Crippen molar-refractivity contribution < 1.29 is 9.53 Å². The molecule has 0 saturated heterocycles. The number of aromatic amines is 1. The maximum absolute atomic E-state index is 12.4. The Morgan fingerprint density at radius 2 is 2.14 bits per heavy atom. The molecule has 0 fully saturated rings. The van der Waals surface area contributed by atoms with Gasteiger partial charge in [0.25, 0.3) is 0 Å². The fourth-order valence-corrected chi connectivity index (χ4v) is 2.40. The summed E-state index contributed by atoms with van der Waals surface area (Å²) in [6.45, 7) is 7.61. The fourth-order valence-electron chi connectivity index (χ4n) is 2.05. The standard InChI is InChI=1S/C14H20N4O2S/c1-8(12(19)17-14(2,3)4)18-11-9(15-13(18)21)6-7-10(16-11)20-5/h6-8H,1-5H3,(H,15,21)(H,17,19). The third-order valence-electron chi connectivity index (χ3n) is 3.01. The molecule has 6 nitrogen and oxygen atoms in total. The van der Waals surface area contributed by atoms with E-state index in [4.69, 9.17) is 17.0 Å². The van der Waals surface area contributed by atoms with Crippen LogP contribution in [0.2, 0.25) is 0 Å². The number of H-pyrrole nitrogens is 1. The minimum Gasteiger partial charge on any atom is -0.481 e.